The topological polar surface area (TPSA) is 41.6 Å². The van der Waals surface area contributed by atoms with Crippen LogP contribution in [0.4, 0.5) is 4.39 Å². The number of carbonyl (C=O) groups excluding carboxylic acids is 1. The molecule has 0 aromatic heterocycles. The molecular formula is C25H31FN2O2. The third-order valence-corrected chi connectivity index (χ3v) is 6.48. The van der Waals surface area contributed by atoms with Gasteiger partial charge in [-0.25, -0.2) is 4.39 Å². The van der Waals surface area contributed by atoms with Crippen LogP contribution in [0.1, 0.15) is 56.6 Å². The second-order valence-corrected chi connectivity index (χ2v) is 8.65. The lowest BCUT2D eigenvalue weighted by Gasteiger charge is -2.43. The van der Waals surface area contributed by atoms with E-state index in [9.17, 15) is 9.18 Å². The Morgan fingerprint density at radius 2 is 1.77 bits per heavy atom. The molecule has 160 valence electrons. The van der Waals surface area contributed by atoms with Gasteiger partial charge in [0.15, 0.2) is 0 Å². The summed E-state index contributed by atoms with van der Waals surface area (Å²) in [5, 5.41) is 3.07. The number of halogens is 1. The zero-order valence-corrected chi connectivity index (χ0v) is 17.7. The van der Waals surface area contributed by atoms with Gasteiger partial charge in [-0.15, -0.1) is 0 Å². The molecule has 0 atom stereocenters. The van der Waals surface area contributed by atoms with E-state index in [4.69, 9.17) is 4.74 Å². The molecule has 30 heavy (non-hydrogen) atoms. The van der Waals surface area contributed by atoms with Gasteiger partial charge in [-0.3, -0.25) is 9.69 Å². The molecule has 4 rings (SSSR count). The number of amides is 1. The molecule has 1 saturated heterocycles. The second kappa shape index (κ2) is 9.17. The van der Waals surface area contributed by atoms with Crippen molar-refractivity contribution in [3.8, 4) is 5.75 Å². The average molecular weight is 411 g/mol. The van der Waals surface area contributed by atoms with Crippen molar-refractivity contribution in [3.05, 3.63) is 65.5 Å². The van der Waals surface area contributed by atoms with Crippen molar-refractivity contribution in [2.45, 2.75) is 63.6 Å². The van der Waals surface area contributed by atoms with Gasteiger partial charge in [0.1, 0.15) is 11.6 Å². The fourth-order valence-corrected chi connectivity index (χ4v) is 4.92. The van der Waals surface area contributed by atoms with E-state index in [0.717, 1.165) is 38.2 Å². The summed E-state index contributed by atoms with van der Waals surface area (Å²) in [5.74, 6) is 0.606. The highest BCUT2D eigenvalue weighted by molar-refractivity contribution is 5.74. The van der Waals surface area contributed by atoms with Crippen molar-refractivity contribution in [1.82, 2.24) is 10.2 Å². The van der Waals surface area contributed by atoms with Crippen molar-refractivity contribution in [2.24, 2.45) is 0 Å². The molecule has 5 heteroatoms. The molecule has 1 heterocycles. The van der Waals surface area contributed by atoms with Crippen LogP contribution in [0.3, 0.4) is 0 Å². The van der Waals surface area contributed by atoms with E-state index in [0.29, 0.717) is 24.5 Å². The van der Waals surface area contributed by atoms with Crippen LogP contribution < -0.4 is 10.1 Å². The number of hydrogen-bond acceptors (Lipinski definition) is 3. The molecule has 1 aliphatic carbocycles. The quantitative estimate of drug-likeness (QED) is 0.746. The molecule has 2 aromatic carbocycles. The summed E-state index contributed by atoms with van der Waals surface area (Å²) >= 11 is 0. The van der Waals surface area contributed by atoms with Crippen LogP contribution in [0.15, 0.2) is 48.5 Å². The number of hydrogen-bond donors (Lipinski definition) is 1. The number of benzene rings is 2. The van der Waals surface area contributed by atoms with Crippen LogP contribution in [0.2, 0.25) is 0 Å². The Bertz CT molecular complexity index is 871. The Kier molecular flexibility index (Phi) is 6.38. The second-order valence-electron chi connectivity index (χ2n) is 8.65. The minimum absolute atomic E-state index is 0.123. The molecule has 2 aromatic rings. The monoisotopic (exact) mass is 410 g/mol. The predicted octanol–water partition coefficient (Wildman–Crippen LogP) is 4.77. The number of rotatable bonds is 6. The summed E-state index contributed by atoms with van der Waals surface area (Å²) in [6.07, 6.45) is 6.47. The summed E-state index contributed by atoms with van der Waals surface area (Å²) in [6.45, 7) is 3.88. The highest BCUT2D eigenvalue weighted by Crippen LogP contribution is 2.36. The number of ether oxygens (including phenoxy) is 1. The van der Waals surface area contributed by atoms with Gasteiger partial charge in [-0.05, 0) is 50.7 Å². The maximum Gasteiger partial charge on any atom is 0.217 e. The molecule has 1 N–H and O–H groups in total. The number of para-hydroxylation sites is 1. The molecule has 1 aliphatic heterocycles. The summed E-state index contributed by atoms with van der Waals surface area (Å²) in [6, 6.07) is 15.1. The zero-order chi connectivity index (χ0) is 21.0. The van der Waals surface area contributed by atoms with Gasteiger partial charge in [-0.1, -0.05) is 36.4 Å². The Balaban J connectivity index is 1.46. The van der Waals surface area contributed by atoms with Gasteiger partial charge in [0.25, 0.3) is 0 Å². The van der Waals surface area contributed by atoms with Gasteiger partial charge in [0, 0.05) is 37.7 Å². The smallest absolute Gasteiger partial charge is 0.217 e. The lowest BCUT2D eigenvalue weighted by Crippen LogP contribution is -2.52. The highest BCUT2D eigenvalue weighted by Gasteiger charge is 2.38. The van der Waals surface area contributed by atoms with E-state index in [1.54, 1.807) is 12.1 Å². The third-order valence-electron chi connectivity index (χ3n) is 6.48. The summed E-state index contributed by atoms with van der Waals surface area (Å²) in [7, 11) is 0. The van der Waals surface area contributed by atoms with Gasteiger partial charge >= 0.3 is 0 Å². The lowest BCUT2D eigenvalue weighted by molar-refractivity contribution is -0.121. The van der Waals surface area contributed by atoms with E-state index in [-0.39, 0.29) is 11.7 Å². The van der Waals surface area contributed by atoms with Crippen molar-refractivity contribution in [3.63, 3.8) is 0 Å². The van der Waals surface area contributed by atoms with Crippen molar-refractivity contribution >= 4 is 5.91 Å². The van der Waals surface area contributed by atoms with Crippen LogP contribution in [0.5, 0.6) is 5.75 Å². The molecule has 0 spiro atoms. The van der Waals surface area contributed by atoms with Gasteiger partial charge < -0.3 is 10.1 Å². The first-order valence-corrected chi connectivity index (χ1v) is 11.1. The number of likely N-dealkylation sites (tertiary alicyclic amines) is 1. The van der Waals surface area contributed by atoms with Crippen LogP contribution in [-0.2, 0) is 16.9 Å². The first-order valence-electron chi connectivity index (χ1n) is 11.1. The normalized spacial score (nSPS) is 19.5. The number of carbonyl (C=O) groups is 1. The molecule has 2 aliphatic rings. The summed E-state index contributed by atoms with van der Waals surface area (Å²) in [4.78, 5) is 14.3. The van der Waals surface area contributed by atoms with E-state index in [2.05, 4.69) is 28.4 Å². The standard InChI is InChI=1S/C25H31FN2O2/c1-19(29)27-25(22-11-5-6-12-23(22)26)14-16-28(17-15-25)18-20-8-2-7-13-24(20)30-21-9-3-4-10-21/h2,5-8,11-13,21H,3-4,9-10,14-18H2,1H3,(H,27,29). The molecule has 1 saturated carbocycles. The van der Waals surface area contributed by atoms with Crippen molar-refractivity contribution < 1.29 is 13.9 Å². The largest absolute Gasteiger partial charge is 0.490 e. The minimum atomic E-state index is -0.645. The number of piperidine rings is 1. The lowest BCUT2D eigenvalue weighted by atomic mass is 9.80. The van der Waals surface area contributed by atoms with Gasteiger partial charge in [0.05, 0.1) is 11.6 Å². The van der Waals surface area contributed by atoms with E-state index in [1.165, 1.54) is 31.4 Å². The van der Waals surface area contributed by atoms with Crippen LogP contribution in [-0.4, -0.2) is 30.0 Å². The predicted molar refractivity (Wildman–Crippen MR) is 116 cm³/mol. The summed E-state index contributed by atoms with van der Waals surface area (Å²) in [5.41, 5.74) is 1.14. The molecule has 4 nitrogen and oxygen atoms in total. The SMILES string of the molecule is CC(=O)NC1(c2ccccc2F)CCN(Cc2ccccc2OC2CCCC2)CC1. The average Bonchev–Trinajstić information content (AvgIpc) is 3.24. The minimum Gasteiger partial charge on any atom is -0.490 e. The Morgan fingerprint density at radius 1 is 1.10 bits per heavy atom. The summed E-state index contributed by atoms with van der Waals surface area (Å²) < 4.78 is 20.9. The Labute approximate surface area is 178 Å². The Hall–Kier alpha value is -2.40. The molecule has 1 amide bonds. The van der Waals surface area contributed by atoms with Crippen LogP contribution >= 0.6 is 0 Å². The van der Waals surface area contributed by atoms with Crippen molar-refractivity contribution in [2.75, 3.05) is 13.1 Å². The molecule has 0 unspecified atom stereocenters. The first-order chi connectivity index (χ1) is 14.6. The molecule has 2 fully saturated rings. The first kappa shape index (κ1) is 20.9. The van der Waals surface area contributed by atoms with Gasteiger partial charge in [-0.2, -0.15) is 0 Å². The van der Waals surface area contributed by atoms with Crippen molar-refractivity contribution in [1.29, 1.82) is 0 Å². The maximum atomic E-state index is 14.6. The fourth-order valence-electron chi connectivity index (χ4n) is 4.92. The van der Waals surface area contributed by atoms with E-state index < -0.39 is 5.54 Å². The van der Waals surface area contributed by atoms with E-state index >= 15 is 0 Å². The number of nitrogens with zero attached hydrogens (tertiary/aromatic N) is 1. The zero-order valence-electron chi connectivity index (χ0n) is 17.7. The molecule has 0 bridgehead atoms. The third kappa shape index (κ3) is 4.67. The van der Waals surface area contributed by atoms with E-state index in [1.807, 2.05) is 12.1 Å². The highest BCUT2D eigenvalue weighted by atomic mass is 19.1. The fraction of sp³-hybridized carbons (Fsp3) is 0.480. The molecule has 0 radical (unpaired) electrons. The maximum absolute atomic E-state index is 14.6. The number of nitrogens with one attached hydrogen (secondary N) is 1. The molecular weight excluding hydrogens is 379 g/mol. The van der Waals surface area contributed by atoms with Crippen LogP contribution in [0.25, 0.3) is 0 Å². The Morgan fingerprint density at radius 3 is 2.47 bits per heavy atom. The van der Waals surface area contributed by atoms with Gasteiger partial charge in [0.2, 0.25) is 5.91 Å². The van der Waals surface area contributed by atoms with Crippen LogP contribution in [0, 0.1) is 5.82 Å².